The average molecular weight is 351 g/mol. The van der Waals surface area contributed by atoms with Crippen molar-refractivity contribution in [2.45, 2.75) is 11.1 Å². The number of halogens is 4. The zero-order valence-corrected chi connectivity index (χ0v) is 12.7. The quantitative estimate of drug-likeness (QED) is 0.850. The van der Waals surface area contributed by atoms with Crippen LogP contribution in [-0.2, 0) is 16.2 Å². The van der Waals surface area contributed by atoms with Crippen LogP contribution in [0.15, 0.2) is 47.5 Å². The van der Waals surface area contributed by atoms with E-state index < -0.39 is 21.8 Å². The number of alkyl halides is 3. The standard InChI is InChI=1S/C13H10ClF3N2O2S/c1-19(12-7-2-9(8-18-12)13(15,16)17)22(20,21)11-5-3-10(14)4-6-11/h2-8H,1H3. The van der Waals surface area contributed by atoms with Gasteiger partial charge >= 0.3 is 6.18 Å². The van der Waals surface area contributed by atoms with Crippen LogP contribution in [-0.4, -0.2) is 20.4 Å². The van der Waals surface area contributed by atoms with Crippen molar-refractivity contribution in [1.29, 1.82) is 0 Å². The molecule has 22 heavy (non-hydrogen) atoms. The Morgan fingerprint density at radius 2 is 1.68 bits per heavy atom. The molecule has 0 amide bonds. The van der Waals surface area contributed by atoms with E-state index in [2.05, 4.69) is 4.98 Å². The van der Waals surface area contributed by atoms with Crippen molar-refractivity contribution in [3.8, 4) is 0 Å². The highest BCUT2D eigenvalue weighted by atomic mass is 35.5. The Balaban J connectivity index is 2.34. The van der Waals surface area contributed by atoms with Crippen molar-refractivity contribution in [2.24, 2.45) is 0 Å². The first-order valence-electron chi connectivity index (χ1n) is 5.90. The van der Waals surface area contributed by atoms with Gasteiger partial charge in [0, 0.05) is 18.3 Å². The first-order valence-corrected chi connectivity index (χ1v) is 7.72. The third-order valence-electron chi connectivity index (χ3n) is 2.87. The van der Waals surface area contributed by atoms with Gasteiger partial charge in [0.05, 0.1) is 10.5 Å². The molecule has 1 heterocycles. The zero-order chi connectivity index (χ0) is 16.5. The minimum absolute atomic E-state index is 0.0407. The fourth-order valence-corrected chi connectivity index (χ4v) is 2.90. The van der Waals surface area contributed by atoms with Crippen LogP contribution < -0.4 is 4.31 Å². The van der Waals surface area contributed by atoms with Crippen molar-refractivity contribution < 1.29 is 21.6 Å². The third-order valence-corrected chi connectivity index (χ3v) is 4.90. The van der Waals surface area contributed by atoms with Gasteiger partial charge in [-0.05, 0) is 36.4 Å². The topological polar surface area (TPSA) is 50.3 Å². The van der Waals surface area contributed by atoms with E-state index in [-0.39, 0.29) is 10.7 Å². The Morgan fingerprint density at radius 3 is 2.14 bits per heavy atom. The van der Waals surface area contributed by atoms with Crippen LogP contribution in [0.5, 0.6) is 0 Å². The molecule has 1 aromatic heterocycles. The van der Waals surface area contributed by atoms with Gasteiger partial charge in [-0.3, -0.25) is 4.31 Å². The minimum atomic E-state index is -4.53. The van der Waals surface area contributed by atoms with Gasteiger partial charge in [0.15, 0.2) is 0 Å². The largest absolute Gasteiger partial charge is 0.417 e. The highest BCUT2D eigenvalue weighted by Crippen LogP contribution is 2.30. The fourth-order valence-electron chi connectivity index (χ4n) is 1.63. The van der Waals surface area contributed by atoms with Crippen molar-refractivity contribution in [1.82, 2.24) is 4.98 Å². The maximum atomic E-state index is 12.5. The maximum Gasteiger partial charge on any atom is 0.417 e. The first-order chi connectivity index (χ1) is 10.1. The van der Waals surface area contributed by atoms with Crippen LogP contribution in [0, 0.1) is 0 Å². The lowest BCUT2D eigenvalue weighted by Crippen LogP contribution is -2.27. The maximum absolute atomic E-state index is 12.5. The van der Waals surface area contributed by atoms with Gasteiger partial charge in [-0.2, -0.15) is 13.2 Å². The van der Waals surface area contributed by atoms with E-state index in [1.54, 1.807) is 0 Å². The monoisotopic (exact) mass is 350 g/mol. The van der Waals surface area contributed by atoms with Crippen LogP contribution >= 0.6 is 11.6 Å². The molecular formula is C13H10ClF3N2O2S. The number of aromatic nitrogens is 1. The van der Waals surface area contributed by atoms with E-state index in [9.17, 15) is 21.6 Å². The smallest absolute Gasteiger partial charge is 0.253 e. The first kappa shape index (κ1) is 16.6. The Hall–Kier alpha value is -1.80. The number of pyridine rings is 1. The lowest BCUT2D eigenvalue weighted by Gasteiger charge is -2.19. The summed E-state index contributed by atoms with van der Waals surface area (Å²) in [6.45, 7) is 0. The van der Waals surface area contributed by atoms with E-state index in [1.165, 1.54) is 31.3 Å². The summed E-state index contributed by atoms with van der Waals surface area (Å²) in [5.74, 6) is -0.122. The molecule has 0 aliphatic heterocycles. The number of nitrogens with zero attached hydrogens (tertiary/aromatic N) is 2. The van der Waals surface area contributed by atoms with Gasteiger partial charge in [-0.15, -0.1) is 0 Å². The number of rotatable bonds is 3. The van der Waals surface area contributed by atoms with Crippen molar-refractivity contribution in [3.05, 3.63) is 53.2 Å². The second kappa shape index (κ2) is 5.77. The normalized spacial score (nSPS) is 12.2. The predicted molar refractivity (Wildman–Crippen MR) is 76.3 cm³/mol. The SMILES string of the molecule is CN(c1ccc(C(F)(F)F)cn1)S(=O)(=O)c1ccc(Cl)cc1. The third kappa shape index (κ3) is 3.33. The second-order valence-corrected chi connectivity index (χ2v) is 6.73. The van der Waals surface area contributed by atoms with Crippen molar-refractivity contribution in [2.75, 3.05) is 11.4 Å². The lowest BCUT2D eigenvalue weighted by molar-refractivity contribution is -0.137. The molecule has 0 aliphatic carbocycles. The van der Waals surface area contributed by atoms with E-state index in [4.69, 9.17) is 11.6 Å². The molecule has 2 aromatic rings. The van der Waals surface area contributed by atoms with Gasteiger partial charge in [0.1, 0.15) is 5.82 Å². The lowest BCUT2D eigenvalue weighted by atomic mass is 10.3. The Bertz CT molecular complexity index is 759. The molecule has 2 rings (SSSR count). The molecule has 0 N–H and O–H groups in total. The van der Waals surface area contributed by atoms with Gasteiger partial charge in [-0.25, -0.2) is 13.4 Å². The Kier molecular flexibility index (Phi) is 4.35. The fraction of sp³-hybridized carbons (Fsp3) is 0.154. The molecule has 9 heteroatoms. The number of benzene rings is 1. The molecule has 0 aliphatic rings. The van der Waals surface area contributed by atoms with Gasteiger partial charge in [-0.1, -0.05) is 11.6 Å². The van der Waals surface area contributed by atoms with Crippen molar-refractivity contribution >= 4 is 27.4 Å². The molecule has 0 atom stereocenters. The molecule has 0 fully saturated rings. The summed E-state index contributed by atoms with van der Waals surface area (Å²) >= 11 is 5.69. The average Bonchev–Trinajstić information content (AvgIpc) is 2.46. The summed E-state index contributed by atoms with van der Waals surface area (Å²) in [6.07, 6.45) is -3.94. The van der Waals surface area contributed by atoms with Gasteiger partial charge in [0.2, 0.25) is 0 Å². The molecule has 0 unspecified atom stereocenters. The van der Waals surface area contributed by atoms with E-state index >= 15 is 0 Å². The van der Waals surface area contributed by atoms with E-state index in [1.807, 2.05) is 0 Å². The predicted octanol–water partition coefficient (Wildman–Crippen LogP) is 3.58. The zero-order valence-electron chi connectivity index (χ0n) is 11.2. The Morgan fingerprint density at radius 1 is 1.09 bits per heavy atom. The summed E-state index contributed by atoms with van der Waals surface area (Å²) in [6, 6.07) is 7.19. The van der Waals surface area contributed by atoms with E-state index in [0.29, 0.717) is 11.2 Å². The molecular weight excluding hydrogens is 341 g/mol. The van der Waals surface area contributed by atoms with Crippen LogP contribution in [0.2, 0.25) is 5.02 Å². The summed E-state index contributed by atoms with van der Waals surface area (Å²) in [5, 5.41) is 0.370. The van der Waals surface area contributed by atoms with Crippen LogP contribution in [0.25, 0.3) is 0 Å². The van der Waals surface area contributed by atoms with Crippen LogP contribution in [0.1, 0.15) is 5.56 Å². The molecule has 4 nitrogen and oxygen atoms in total. The molecule has 118 valence electrons. The molecule has 0 radical (unpaired) electrons. The Labute approximate surface area is 130 Å². The summed E-state index contributed by atoms with van der Waals surface area (Å²) < 4.78 is 62.9. The molecule has 0 spiro atoms. The molecule has 0 saturated heterocycles. The van der Waals surface area contributed by atoms with Crippen LogP contribution in [0.4, 0.5) is 19.0 Å². The van der Waals surface area contributed by atoms with Gasteiger partial charge < -0.3 is 0 Å². The van der Waals surface area contributed by atoms with Crippen molar-refractivity contribution in [3.63, 3.8) is 0 Å². The van der Waals surface area contributed by atoms with Gasteiger partial charge in [0.25, 0.3) is 10.0 Å². The summed E-state index contributed by atoms with van der Waals surface area (Å²) in [5.41, 5.74) is -0.950. The minimum Gasteiger partial charge on any atom is -0.253 e. The summed E-state index contributed by atoms with van der Waals surface area (Å²) in [4.78, 5) is 3.51. The van der Waals surface area contributed by atoms with Crippen LogP contribution in [0.3, 0.4) is 0 Å². The number of hydrogen-bond donors (Lipinski definition) is 0. The van der Waals surface area contributed by atoms with E-state index in [0.717, 1.165) is 16.4 Å². The number of hydrogen-bond acceptors (Lipinski definition) is 3. The molecule has 1 aromatic carbocycles. The highest BCUT2D eigenvalue weighted by molar-refractivity contribution is 7.92. The highest BCUT2D eigenvalue weighted by Gasteiger charge is 2.31. The molecule has 0 saturated carbocycles. The summed E-state index contributed by atoms with van der Waals surface area (Å²) in [7, 11) is -2.72. The second-order valence-electron chi connectivity index (χ2n) is 4.33. The number of anilines is 1. The molecule has 0 bridgehead atoms. The number of sulfonamides is 1.